The Hall–Kier alpha value is -0.600. The highest BCUT2D eigenvalue weighted by atomic mass is 16.5. The van der Waals surface area contributed by atoms with Crippen molar-refractivity contribution >= 4 is 0 Å². The molecule has 0 saturated carbocycles. The van der Waals surface area contributed by atoms with E-state index in [1.165, 1.54) is 0 Å². The fraction of sp³-hybridized carbons (Fsp3) is 0.556. The summed E-state index contributed by atoms with van der Waals surface area (Å²) < 4.78 is 5.23. The fourth-order valence-corrected chi connectivity index (χ4v) is 1.29. The molecule has 0 aromatic carbocycles. The van der Waals surface area contributed by atoms with Crippen molar-refractivity contribution in [1.82, 2.24) is 0 Å². The first-order valence-electron chi connectivity index (χ1n) is 3.90. The number of methoxy groups -OCH3 is 1. The lowest BCUT2D eigenvalue weighted by atomic mass is 9.87. The summed E-state index contributed by atoms with van der Waals surface area (Å²) >= 11 is 0. The molecule has 0 fully saturated rings. The second-order valence-corrected chi connectivity index (χ2v) is 2.87. The highest BCUT2D eigenvalue weighted by Crippen LogP contribution is 2.20. The van der Waals surface area contributed by atoms with Gasteiger partial charge in [-0.1, -0.05) is 31.2 Å². The maximum Gasteiger partial charge on any atom is 0.0970 e. The zero-order valence-electron chi connectivity index (χ0n) is 7.08. The van der Waals surface area contributed by atoms with Gasteiger partial charge < -0.3 is 10.5 Å². The Balaban J connectivity index is 2.77. The smallest absolute Gasteiger partial charge is 0.0970 e. The molecule has 2 N–H and O–H groups in total. The van der Waals surface area contributed by atoms with Crippen molar-refractivity contribution in [2.45, 2.75) is 25.0 Å². The third-order valence-electron chi connectivity index (χ3n) is 2.20. The first kappa shape index (κ1) is 8.50. The van der Waals surface area contributed by atoms with Crippen LogP contribution in [0.4, 0.5) is 0 Å². The Morgan fingerprint density at radius 3 is 2.73 bits per heavy atom. The van der Waals surface area contributed by atoms with Crippen molar-refractivity contribution in [3.8, 4) is 0 Å². The van der Waals surface area contributed by atoms with E-state index >= 15 is 0 Å². The third kappa shape index (κ3) is 1.52. The van der Waals surface area contributed by atoms with Crippen LogP contribution in [0.3, 0.4) is 0 Å². The molecular formula is C9H15NO. The van der Waals surface area contributed by atoms with Crippen molar-refractivity contribution in [3.63, 3.8) is 0 Å². The normalized spacial score (nSPS) is 36.1. The van der Waals surface area contributed by atoms with E-state index in [1.54, 1.807) is 7.11 Å². The molecule has 0 radical (unpaired) electrons. The lowest BCUT2D eigenvalue weighted by Crippen LogP contribution is -2.49. The first-order chi connectivity index (χ1) is 5.23. The maximum atomic E-state index is 6.05. The van der Waals surface area contributed by atoms with Crippen molar-refractivity contribution in [1.29, 1.82) is 0 Å². The molecule has 0 spiro atoms. The van der Waals surface area contributed by atoms with Crippen LogP contribution in [0, 0.1) is 0 Å². The lowest BCUT2D eigenvalue weighted by Gasteiger charge is -2.32. The number of rotatable bonds is 2. The molecular weight excluding hydrogens is 138 g/mol. The highest BCUT2D eigenvalue weighted by molar-refractivity contribution is 5.24. The van der Waals surface area contributed by atoms with Crippen molar-refractivity contribution in [2.75, 3.05) is 7.11 Å². The summed E-state index contributed by atoms with van der Waals surface area (Å²) in [6.45, 7) is 2.06. The van der Waals surface area contributed by atoms with Gasteiger partial charge in [0.2, 0.25) is 0 Å². The van der Waals surface area contributed by atoms with E-state index in [-0.39, 0.29) is 11.6 Å². The molecule has 0 bridgehead atoms. The van der Waals surface area contributed by atoms with E-state index in [4.69, 9.17) is 10.5 Å². The number of hydrogen-bond donors (Lipinski definition) is 1. The monoisotopic (exact) mass is 153 g/mol. The van der Waals surface area contributed by atoms with Crippen LogP contribution in [0.25, 0.3) is 0 Å². The summed E-state index contributed by atoms with van der Waals surface area (Å²) in [5, 5.41) is 0. The van der Waals surface area contributed by atoms with Gasteiger partial charge in [-0.05, 0) is 6.42 Å². The molecule has 0 amide bonds. The van der Waals surface area contributed by atoms with Crippen molar-refractivity contribution in [3.05, 3.63) is 24.3 Å². The first-order valence-corrected chi connectivity index (χ1v) is 3.90. The molecule has 2 atom stereocenters. The minimum atomic E-state index is -0.302. The number of nitrogens with two attached hydrogens (primary N) is 1. The van der Waals surface area contributed by atoms with Crippen LogP contribution in [0.5, 0.6) is 0 Å². The van der Waals surface area contributed by atoms with Crippen LogP contribution in [0.1, 0.15) is 13.3 Å². The number of allylic oxidation sites excluding steroid dienone is 2. The molecule has 1 aliphatic rings. The second kappa shape index (κ2) is 3.20. The average Bonchev–Trinajstić information content (AvgIpc) is 2.05. The lowest BCUT2D eigenvalue weighted by molar-refractivity contribution is 0.0879. The molecule has 0 aromatic heterocycles. The van der Waals surface area contributed by atoms with Gasteiger partial charge in [-0.2, -0.15) is 0 Å². The van der Waals surface area contributed by atoms with Crippen LogP contribution in [-0.2, 0) is 4.74 Å². The average molecular weight is 153 g/mol. The van der Waals surface area contributed by atoms with E-state index in [9.17, 15) is 0 Å². The third-order valence-corrected chi connectivity index (χ3v) is 2.20. The largest absolute Gasteiger partial charge is 0.375 e. The minimum absolute atomic E-state index is 0.0255. The van der Waals surface area contributed by atoms with Gasteiger partial charge in [0, 0.05) is 7.11 Å². The van der Waals surface area contributed by atoms with Crippen LogP contribution in [0.15, 0.2) is 24.3 Å². The molecule has 1 aliphatic carbocycles. The maximum absolute atomic E-state index is 6.05. The fourth-order valence-electron chi connectivity index (χ4n) is 1.29. The summed E-state index contributed by atoms with van der Waals surface area (Å²) in [4.78, 5) is 0. The Bertz CT molecular complexity index is 186. The molecule has 0 heterocycles. The molecule has 0 aliphatic heterocycles. The van der Waals surface area contributed by atoms with Crippen LogP contribution in [-0.4, -0.2) is 18.8 Å². The van der Waals surface area contributed by atoms with Gasteiger partial charge in [0.1, 0.15) is 0 Å². The molecule has 62 valence electrons. The molecule has 0 aromatic rings. The highest BCUT2D eigenvalue weighted by Gasteiger charge is 2.29. The zero-order chi connectivity index (χ0) is 8.32. The van der Waals surface area contributed by atoms with Crippen molar-refractivity contribution < 1.29 is 4.74 Å². The summed E-state index contributed by atoms with van der Waals surface area (Å²) in [6, 6.07) is 0. The van der Waals surface area contributed by atoms with Gasteiger partial charge in [0.15, 0.2) is 0 Å². The number of hydrogen-bond acceptors (Lipinski definition) is 2. The summed E-state index contributed by atoms with van der Waals surface area (Å²) in [7, 11) is 1.69. The van der Waals surface area contributed by atoms with Gasteiger partial charge in [-0.3, -0.25) is 0 Å². The van der Waals surface area contributed by atoms with E-state index in [0.717, 1.165) is 6.42 Å². The van der Waals surface area contributed by atoms with Crippen LogP contribution < -0.4 is 5.73 Å². The Labute approximate surface area is 67.7 Å². The van der Waals surface area contributed by atoms with Crippen molar-refractivity contribution in [2.24, 2.45) is 5.73 Å². The Morgan fingerprint density at radius 1 is 1.55 bits per heavy atom. The second-order valence-electron chi connectivity index (χ2n) is 2.87. The van der Waals surface area contributed by atoms with Gasteiger partial charge in [-0.15, -0.1) is 0 Å². The van der Waals surface area contributed by atoms with Gasteiger partial charge >= 0.3 is 0 Å². The molecule has 2 heteroatoms. The molecule has 1 rings (SSSR count). The van der Waals surface area contributed by atoms with E-state index in [1.807, 2.05) is 24.3 Å². The van der Waals surface area contributed by atoms with E-state index in [2.05, 4.69) is 6.92 Å². The Morgan fingerprint density at radius 2 is 2.27 bits per heavy atom. The predicted octanol–water partition coefficient (Wildman–Crippen LogP) is 1.23. The Kier molecular flexibility index (Phi) is 2.47. The molecule has 0 saturated heterocycles. The minimum Gasteiger partial charge on any atom is -0.375 e. The molecule has 11 heavy (non-hydrogen) atoms. The summed E-state index contributed by atoms with van der Waals surface area (Å²) in [6.07, 6.45) is 8.85. The topological polar surface area (TPSA) is 35.2 Å². The molecule has 1 unspecified atom stereocenters. The quantitative estimate of drug-likeness (QED) is 0.647. The number of ether oxygens (including phenoxy) is 1. The van der Waals surface area contributed by atoms with Gasteiger partial charge in [0.05, 0.1) is 11.6 Å². The van der Waals surface area contributed by atoms with Gasteiger partial charge in [0.25, 0.3) is 0 Å². The van der Waals surface area contributed by atoms with Crippen LogP contribution >= 0.6 is 0 Å². The SMILES string of the molecule is CC[C@]1(N)C=CC=CC1OC. The standard InChI is InChI=1S/C9H15NO/c1-3-9(10)7-5-4-6-8(9)11-2/h4-8H,3,10H2,1-2H3/t8?,9-/m0/s1. The van der Waals surface area contributed by atoms with Crippen LogP contribution in [0.2, 0.25) is 0 Å². The van der Waals surface area contributed by atoms with E-state index in [0.29, 0.717) is 0 Å². The van der Waals surface area contributed by atoms with E-state index < -0.39 is 0 Å². The predicted molar refractivity (Wildman–Crippen MR) is 46.3 cm³/mol. The summed E-state index contributed by atoms with van der Waals surface area (Å²) in [5.41, 5.74) is 5.75. The molecule has 2 nitrogen and oxygen atoms in total. The van der Waals surface area contributed by atoms with Gasteiger partial charge in [-0.25, -0.2) is 0 Å². The zero-order valence-corrected chi connectivity index (χ0v) is 7.08. The summed E-state index contributed by atoms with van der Waals surface area (Å²) in [5.74, 6) is 0.